The van der Waals surface area contributed by atoms with Gasteiger partial charge in [-0.1, -0.05) is 6.04 Å². The monoisotopic (exact) mass is 191 g/mol. The third-order valence-corrected chi connectivity index (χ3v) is 22.0. The van der Waals surface area contributed by atoms with Gasteiger partial charge in [0, 0.05) is 23.5 Å². The average molecular weight is 191 g/mol. The number of hydrogen-bond donors (Lipinski definition) is 1. The molecular weight excluding hydrogens is 174 g/mol. The van der Waals surface area contributed by atoms with Crippen LogP contribution in [0.4, 0.5) is 0 Å². The lowest BCUT2D eigenvalue weighted by Gasteiger charge is -2.19. The molecule has 2 N–H and O–H groups in total. The van der Waals surface area contributed by atoms with E-state index >= 15 is 0 Å². The second-order valence-electron chi connectivity index (χ2n) is 2.99. The lowest BCUT2D eigenvalue weighted by Crippen LogP contribution is -2.35. The Morgan fingerprint density at radius 1 is 1.60 bits per heavy atom. The third-order valence-electron chi connectivity index (χ3n) is 2.16. The number of rotatable bonds is 3. The van der Waals surface area contributed by atoms with E-state index in [1.54, 1.807) is 6.04 Å². The van der Waals surface area contributed by atoms with Crippen molar-refractivity contribution in [2.45, 2.75) is 18.5 Å². The lowest BCUT2D eigenvalue weighted by atomic mass is 10.5. The Kier molecular flexibility index (Phi) is 4.55. The molecule has 0 radical (unpaired) electrons. The van der Waals surface area contributed by atoms with E-state index in [2.05, 4.69) is 0 Å². The highest BCUT2D eigenvalue weighted by atomic mass is 29.5. The van der Waals surface area contributed by atoms with Crippen LogP contribution in [0.3, 0.4) is 0 Å². The van der Waals surface area contributed by atoms with Gasteiger partial charge in [-0.2, -0.15) is 0 Å². The maximum Gasteiger partial charge on any atom is 0.140 e. The summed E-state index contributed by atoms with van der Waals surface area (Å²) < 4.78 is 5.48. The second-order valence-corrected chi connectivity index (χ2v) is 18.9. The fraction of sp³-hybridized carbons (Fsp3) is 1.00. The Morgan fingerprint density at radius 3 is 3.10 bits per heavy atom. The lowest BCUT2D eigenvalue weighted by molar-refractivity contribution is 0.366. The standard InChI is InChI=1S/C5H17NOSi3/c6-2-1-4-10-5-3-7-8-9-10/h10H,1-6,8-9H2. The first-order valence-corrected chi connectivity index (χ1v) is 13.7. The topological polar surface area (TPSA) is 35.2 Å². The summed E-state index contributed by atoms with van der Waals surface area (Å²) in [6.45, 7) is 2.04. The third kappa shape index (κ3) is 3.11. The van der Waals surface area contributed by atoms with Gasteiger partial charge in [0.2, 0.25) is 0 Å². The molecule has 0 amide bonds. The van der Waals surface area contributed by atoms with Gasteiger partial charge in [-0.05, 0) is 19.0 Å². The summed E-state index contributed by atoms with van der Waals surface area (Å²) in [6.07, 6.45) is 1.30. The van der Waals surface area contributed by atoms with Crippen molar-refractivity contribution in [2.24, 2.45) is 5.73 Å². The molecule has 0 saturated carbocycles. The molecule has 0 aliphatic carbocycles. The molecule has 2 nitrogen and oxygen atoms in total. The fourth-order valence-corrected chi connectivity index (χ4v) is 19.7. The van der Waals surface area contributed by atoms with E-state index in [4.69, 9.17) is 10.2 Å². The van der Waals surface area contributed by atoms with E-state index < -0.39 is 0 Å². The number of hydrogen-bond acceptors (Lipinski definition) is 2. The zero-order valence-electron chi connectivity index (χ0n) is 6.51. The Hall–Kier alpha value is 0.571. The van der Waals surface area contributed by atoms with Gasteiger partial charge in [0.1, 0.15) is 9.28 Å². The van der Waals surface area contributed by atoms with Crippen LogP contribution in [-0.4, -0.2) is 39.3 Å². The zero-order valence-corrected chi connectivity index (χ0v) is 10.5. The van der Waals surface area contributed by atoms with Gasteiger partial charge >= 0.3 is 0 Å². The highest BCUT2D eigenvalue weighted by molar-refractivity contribution is 7.35. The minimum Gasteiger partial charge on any atom is -0.428 e. The molecular formula is C5H17NOSi3. The highest BCUT2D eigenvalue weighted by Crippen LogP contribution is 2.04. The van der Waals surface area contributed by atoms with Crippen LogP contribution in [0.25, 0.3) is 0 Å². The summed E-state index contributed by atoms with van der Waals surface area (Å²) in [5.41, 5.74) is 5.46. The van der Waals surface area contributed by atoms with E-state index in [0.717, 1.165) is 13.2 Å². The van der Waals surface area contributed by atoms with Crippen LogP contribution in [0.15, 0.2) is 0 Å². The Bertz CT molecular complexity index is 87.0. The number of nitrogens with two attached hydrogens (primary N) is 1. The van der Waals surface area contributed by atoms with E-state index in [0.29, 0.717) is 8.55 Å². The van der Waals surface area contributed by atoms with E-state index in [-0.39, 0.29) is 17.6 Å². The van der Waals surface area contributed by atoms with Crippen molar-refractivity contribution in [1.29, 1.82) is 0 Å². The van der Waals surface area contributed by atoms with Gasteiger partial charge in [0.25, 0.3) is 0 Å². The maximum atomic E-state index is 5.48. The SMILES string of the molecule is NCCC[SiH]1CCO[SiH2][SiH2]1. The minimum atomic E-state index is -0.148. The minimum absolute atomic E-state index is 0.0929. The first kappa shape index (κ1) is 8.67. The smallest absolute Gasteiger partial charge is 0.140 e. The van der Waals surface area contributed by atoms with E-state index in [1.165, 1.54) is 12.5 Å². The highest BCUT2D eigenvalue weighted by Gasteiger charge is 2.14. The molecule has 1 saturated heterocycles. The predicted molar refractivity (Wildman–Crippen MR) is 53.5 cm³/mol. The van der Waals surface area contributed by atoms with Crippen molar-refractivity contribution in [3.05, 3.63) is 0 Å². The maximum absolute atomic E-state index is 5.48. The van der Waals surface area contributed by atoms with Crippen LogP contribution in [0.1, 0.15) is 6.42 Å². The molecule has 1 atom stereocenters. The van der Waals surface area contributed by atoms with Crippen molar-refractivity contribution in [3.63, 3.8) is 0 Å². The quantitative estimate of drug-likeness (QED) is 0.538. The fourth-order valence-electron chi connectivity index (χ4n) is 1.44. The predicted octanol–water partition coefficient (Wildman–Crippen LogP) is -1.74. The van der Waals surface area contributed by atoms with Crippen LogP contribution >= 0.6 is 0 Å². The Labute approximate surface area is 68.5 Å². The van der Waals surface area contributed by atoms with Crippen molar-refractivity contribution >= 4 is 26.1 Å². The Morgan fingerprint density at radius 2 is 2.50 bits per heavy atom. The van der Waals surface area contributed by atoms with Crippen LogP contribution in [0.5, 0.6) is 0 Å². The summed E-state index contributed by atoms with van der Waals surface area (Å²) in [5, 5.41) is 0. The van der Waals surface area contributed by atoms with Gasteiger partial charge < -0.3 is 10.2 Å². The largest absolute Gasteiger partial charge is 0.428 e. The average Bonchev–Trinajstić information content (AvgIpc) is 2.03. The molecule has 5 heteroatoms. The molecule has 1 fully saturated rings. The van der Waals surface area contributed by atoms with Gasteiger partial charge in [-0.25, -0.2) is 0 Å². The summed E-state index contributed by atoms with van der Waals surface area (Å²) >= 11 is 0. The first-order valence-electron chi connectivity index (χ1n) is 4.21. The Balaban J connectivity index is 2.02. The molecule has 0 aromatic rings. The van der Waals surface area contributed by atoms with Crippen LogP contribution in [0.2, 0.25) is 12.1 Å². The summed E-state index contributed by atoms with van der Waals surface area (Å²) in [5.74, 6) is 0. The molecule has 0 spiro atoms. The molecule has 1 aliphatic rings. The van der Waals surface area contributed by atoms with Gasteiger partial charge in [-0.15, -0.1) is 0 Å². The normalized spacial score (nSPS) is 31.5. The molecule has 1 heterocycles. The van der Waals surface area contributed by atoms with E-state index in [1.807, 2.05) is 0 Å². The molecule has 10 heavy (non-hydrogen) atoms. The molecule has 0 bridgehead atoms. The first-order chi connectivity index (χ1) is 4.93. The molecule has 1 unspecified atom stereocenters. The molecule has 1 aliphatic heterocycles. The molecule has 1 rings (SSSR count). The summed E-state index contributed by atoms with van der Waals surface area (Å²) in [4.78, 5) is 0. The second kappa shape index (κ2) is 5.25. The van der Waals surface area contributed by atoms with Crippen molar-refractivity contribution in [1.82, 2.24) is 0 Å². The zero-order chi connectivity index (χ0) is 7.23. The van der Waals surface area contributed by atoms with Gasteiger partial charge in [-0.3, -0.25) is 0 Å². The molecule has 0 aromatic heterocycles. The van der Waals surface area contributed by atoms with E-state index in [9.17, 15) is 0 Å². The summed E-state index contributed by atoms with van der Waals surface area (Å²) in [6, 6.07) is 3.03. The molecule has 0 aromatic carbocycles. The van der Waals surface area contributed by atoms with Crippen molar-refractivity contribution in [3.8, 4) is 0 Å². The van der Waals surface area contributed by atoms with Crippen molar-refractivity contribution < 1.29 is 4.43 Å². The van der Waals surface area contributed by atoms with Gasteiger partial charge in [0.05, 0.1) is 0 Å². The summed E-state index contributed by atoms with van der Waals surface area (Å²) in [7, 11) is 0.347. The van der Waals surface area contributed by atoms with Crippen molar-refractivity contribution in [2.75, 3.05) is 13.2 Å². The van der Waals surface area contributed by atoms with Gasteiger partial charge in [0.15, 0.2) is 0 Å². The van der Waals surface area contributed by atoms with Crippen LogP contribution in [0, 0.1) is 0 Å². The van der Waals surface area contributed by atoms with Crippen LogP contribution in [-0.2, 0) is 4.43 Å². The van der Waals surface area contributed by atoms with Crippen LogP contribution < -0.4 is 5.73 Å². The molecule has 60 valence electrons.